The molecule has 7 nitrogen and oxygen atoms in total. The number of carbonyl (C=O) groups excluding carboxylic acids is 1. The lowest BCUT2D eigenvalue weighted by molar-refractivity contribution is -0.0467. The van der Waals surface area contributed by atoms with Crippen molar-refractivity contribution in [2.75, 3.05) is 27.4 Å². The van der Waals surface area contributed by atoms with Crippen molar-refractivity contribution in [1.82, 2.24) is 5.32 Å². The molecule has 0 heterocycles. The van der Waals surface area contributed by atoms with Crippen LogP contribution in [0.25, 0.3) is 0 Å². The second-order valence-corrected chi connectivity index (χ2v) is 20.3. The van der Waals surface area contributed by atoms with Crippen molar-refractivity contribution in [2.24, 2.45) is 46.3 Å². The third-order valence-corrected chi connectivity index (χ3v) is 16.8. The van der Waals surface area contributed by atoms with E-state index in [0.717, 1.165) is 83.0 Å². The molecule has 3 aromatic rings. The molecular weight excluding hydrogens is 783 g/mol. The van der Waals surface area contributed by atoms with E-state index in [9.17, 15) is 9.90 Å². The van der Waals surface area contributed by atoms with Crippen molar-refractivity contribution < 1.29 is 28.8 Å². The van der Waals surface area contributed by atoms with E-state index < -0.39 is 17.8 Å². The smallest absolute Gasteiger partial charge is 0.407 e. The predicted molar refractivity (Wildman–Crippen MR) is 254 cm³/mol. The number of ether oxygens (including phenoxy) is 4. The maximum absolute atomic E-state index is 13.2. The van der Waals surface area contributed by atoms with Gasteiger partial charge in [-0.05, 0) is 158 Å². The van der Waals surface area contributed by atoms with Crippen LogP contribution in [-0.2, 0) is 15.1 Å². The van der Waals surface area contributed by atoms with Crippen LogP contribution in [0.1, 0.15) is 135 Å². The molecule has 3 saturated carbocycles. The Labute approximate surface area is 379 Å². The molecule has 9 atom stereocenters. The van der Waals surface area contributed by atoms with Crippen LogP contribution in [0.5, 0.6) is 11.5 Å². The van der Waals surface area contributed by atoms with Crippen LogP contribution >= 0.6 is 0 Å². The molecule has 4 aliphatic rings. The van der Waals surface area contributed by atoms with Crippen molar-refractivity contribution in [1.29, 1.82) is 0 Å². The Balaban J connectivity index is 0.914. The van der Waals surface area contributed by atoms with Gasteiger partial charge in [0.1, 0.15) is 23.2 Å². The molecule has 0 aliphatic heterocycles. The van der Waals surface area contributed by atoms with E-state index >= 15 is 0 Å². The van der Waals surface area contributed by atoms with Gasteiger partial charge in [0.2, 0.25) is 0 Å². The van der Waals surface area contributed by atoms with Crippen LogP contribution in [-0.4, -0.2) is 50.8 Å². The van der Waals surface area contributed by atoms with Gasteiger partial charge >= 0.3 is 6.09 Å². The molecular formula is C56H77NO6. The second kappa shape index (κ2) is 20.4. The van der Waals surface area contributed by atoms with Gasteiger partial charge in [-0.15, -0.1) is 0 Å². The number of rotatable bonds is 18. The number of aliphatic hydroxyl groups is 1. The molecule has 0 radical (unpaired) electrons. The van der Waals surface area contributed by atoms with Gasteiger partial charge in [-0.25, -0.2) is 4.79 Å². The maximum Gasteiger partial charge on any atom is 0.407 e. The van der Waals surface area contributed by atoms with E-state index in [-0.39, 0.29) is 18.1 Å². The maximum atomic E-state index is 13.2. The van der Waals surface area contributed by atoms with Crippen molar-refractivity contribution in [3.63, 3.8) is 0 Å². The molecule has 3 fully saturated rings. The van der Waals surface area contributed by atoms with Gasteiger partial charge in [0, 0.05) is 13.0 Å². The summed E-state index contributed by atoms with van der Waals surface area (Å²) in [6.45, 7) is 15.3. The Morgan fingerprint density at radius 1 is 0.857 bits per heavy atom. The number of aliphatic hydroxyl groups excluding tert-OH is 1. The predicted octanol–water partition coefficient (Wildman–Crippen LogP) is 12.8. The fraction of sp³-hybridized carbons (Fsp3) is 0.589. The van der Waals surface area contributed by atoms with Crippen LogP contribution < -0.4 is 14.8 Å². The van der Waals surface area contributed by atoms with Crippen LogP contribution in [0, 0.1) is 46.3 Å². The minimum absolute atomic E-state index is 0.114. The number of allylic oxidation sites excluding steroid dienone is 3. The molecule has 5 unspecified atom stereocenters. The van der Waals surface area contributed by atoms with Gasteiger partial charge in [0.05, 0.1) is 26.9 Å². The number of fused-ring (bicyclic) bond motifs is 5. The van der Waals surface area contributed by atoms with Crippen LogP contribution in [0.4, 0.5) is 4.79 Å². The number of carbonyl (C=O) groups is 1. The number of methoxy groups -OCH3 is 2. The third kappa shape index (κ3) is 9.81. The zero-order valence-electron chi connectivity index (χ0n) is 39.7. The lowest BCUT2D eigenvalue weighted by Crippen LogP contribution is -2.50. The van der Waals surface area contributed by atoms with Crippen molar-refractivity contribution in [3.8, 4) is 11.5 Å². The van der Waals surface area contributed by atoms with Crippen molar-refractivity contribution in [3.05, 3.63) is 119 Å². The van der Waals surface area contributed by atoms with Gasteiger partial charge in [0.15, 0.2) is 0 Å². The standard InChI is InChI=1S/C56H77NO6/c1-9-40(38(2)3)16-15-39(4)50-27-28-51-49-26-21-44-37-48(29-33-54(44,5)52(49)30-34-55(50,51)6)63-53(59)57-35-31-45(58)32-36-62-56(41-13-11-10-12-14-41,42-17-22-46(60-7)23-18-42)43-19-24-47(61-8)25-20-43/h10-15,17-25,38,40,45,48-52,58H,9,16,26-37H2,1-8H3,(H,57,59)/t40?,45?,48-,49?,50+,51?,52?,54-,55+/m1/s1. The molecule has 1 amide bonds. The Bertz CT molecular complexity index is 1960. The number of amides is 1. The largest absolute Gasteiger partial charge is 0.497 e. The summed E-state index contributed by atoms with van der Waals surface area (Å²) in [4.78, 5) is 13.2. The molecule has 0 bridgehead atoms. The minimum Gasteiger partial charge on any atom is -0.497 e. The quantitative estimate of drug-likeness (QED) is 0.0979. The first kappa shape index (κ1) is 46.9. The number of hydrogen-bond acceptors (Lipinski definition) is 6. The van der Waals surface area contributed by atoms with E-state index in [0.29, 0.717) is 24.8 Å². The summed E-state index contributed by atoms with van der Waals surface area (Å²) in [6, 6.07) is 26.0. The highest BCUT2D eigenvalue weighted by molar-refractivity contribution is 5.67. The average molecular weight is 860 g/mol. The zero-order valence-corrected chi connectivity index (χ0v) is 39.7. The highest BCUT2D eigenvalue weighted by Crippen LogP contribution is 2.67. The Kier molecular flexibility index (Phi) is 15.2. The van der Waals surface area contributed by atoms with E-state index in [1.165, 1.54) is 50.5 Å². The summed E-state index contributed by atoms with van der Waals surface area (Å²) in [7, 11) is 3.32. The molecule has 3 aromatic carbocycles. The van der Waals surface area contributed by atoms with Crippen molar-refractivity contribution in [2.45, 2.75) is 136 Å². The SMILES string of the molecule is CCC(CC=C(C)[C@@H]1CCC2C3CC=C4C[C@H](OC(=O)NCCC(O)CCOC(c5ccccc5)(c5ccc(OC)cc5)c5ccc(OC)cc5)CC[C@@]4(C)C3CC[C@]21C)C(C)C. The summed E-state index contributed by atoms with van der Waals surface area (Å²) < 4.78 is 24.0. The van der Waals surface area contributed by atoms with Gasteiger partial charge in [-0.1, -0.05) is 119 Å². The number of nitrogens with one attached hydrogen (secondary N) is 1. The van der Waals surface area contributed by atoms with E-state index in [1.807, 2.05) is 66.7 Å². The lowest BCUT2D eigenvalue weighted by atomic mass is 9.47. The Hall–Kier alpha value is -4.07. The van der Waals surface area contributed by atoms with Crippen LogP contribution in [0.2, 0.25) is 0 Å². The topological polar surface area (TPSA) is 86.3 Å². The molecule has 63 heavy (non-hydrogen) atoms. The van der Waals surface area contributed by atoms with Gasteiger partial charge in [-0.3, -0.25) is 0 Å². The Morgan fingerprint density at radius 3 is 2.13 bits per heavy atom. The average Bonchev–Trinajstić information content (AvgIpc) is 3.66. The third-order valence-electron chi connectivity index (χ3n) is 16.8. The van der Waals surface area contributed by atoms with Crippen LogP contribution in [0.15, 0.2) is 102 Å². The highest BCUT2D eigenvalue weighted by Gasteiger charge is 2.59. The van der Waals surface area contributed by atoms with E-state index in [1.54, 1.807) is 19.8 Å². The minimum atomic E-state index is -0.953. The monoisotopic (exact) mass is 860 g/mol. The first-order chi connectivity index (χ1) is 30.4. The highest BCUT2D eigenvalue weighted by atomic mass is 16.6. The van der Waals surface area contributed by atoms with Gasteiger partial charge < -0.3 is 29.4 Å². The van der Waals surface area contributed by atoms with E-state index in [4.69, 9.17) is 18.9 Å². The molecule has 4 aliphatic carbocycles. The summed E-state index contributed by atoms with van der Waals surface area (Å²) in [5.74, 6) is 6.02. The summed E-state index contributed by atoms with van der Waals surface area (Å²) in [5, 5.41) is 14.1. The Morgan fingerprint density at radius 2 is 1.51 bits per heavy atom. The summed E-state index contributed by atoms with van der Waals surface area (Å²) in [5.41, 5.74) is 5.68. The molecule has 2 N–H and O–H groups in total. The lowest BCUT2D eigenvalue weighted by Gasteiger charge is -2.58. The summed E-state index contributed by atoms with van der Waals surface area (Å²) in [6.07, 6.45) is 16.6. The number of benzene rings is 3. The van der Waals surface area contributed by atoms with E-state index in [2.05, 4.69) is 71.1 Å². The second-order valence-electron chi connectivity index (χ2n) is 20.3. The normalized spacial score (nSPS) is 27.9. The first-order valence-electron chi connectivity index (χ1n) is 24.3. The van der Waals surface area contributed by atoms with Crippen molar-refractivity contribution >= 4 is 6.09 Å². The van der Waals surface area contributed by atoms with Crippen LogP contribution in [0.3, 0.4) is 0 Å². The van der Waals surface area contributed by atoms with Gasteiger partial charge in [-0.2, -0.15) is 0 Å². The molecule has 0 saturated heterocycles. The fourth-order valence-electron chi connectivity index (χ4n) is 13.0. The molecule has 0 spiro atoms. The molecule has 0 aromatic heterocycles. The molecule has 7 rings (SSSR count). The van der Waals surface area contributed by atoms with Gasteiger partial charge in [0.25, 0.3) is 0 Å². The molecule has 7 heteroatoms. The first-order valence-corrected chi connectivity index (χ1v) is 24.3. The number of hydrogen-bond donors (Lipinski definition) is 2. The number of alkyl carbamates (subject to hydrolysis) is 1. The molecule has 342 valence electrons. The summed E-state index contributed by atoms with van der Waals surface area (Å²) >= 11 is 0. The fourth-order valence-corrected chi connectivity index (χ4v) is 13.0. The zero-order chi connectivity index (χ0) is 44.8.